The van der Waals surface area contributed by atoms with Crippen molar-refractivity contribution in [1.82, 2.24) is 14.8 Å². The number of imide groups is 1. The van der Waals surface area contributed by atoms with Crippen molar-refractivity contribution >= 4 is 38.8 Å². The standard InChI is InChI=1S/C23H22BrN3O4/c1-23-12-17-16-11-15(31-2)6-7-18(16)25-19(17)20(13-4-3-5-14(28)10-13)27(23)22(30)26(9-8-24)21(23)29/h3-7,10-11,20,25,28H,8-9,12H2,1-2H3/t20-,23+/m0/s1. The van der Waals surface area contributed by atoms with Gasteiger partial charge in [-0.25, -0.2) is 4.79 Å². The Morgan fingerprint density at radius 3 is 2.77 bits per heavy atom. The van der Waals surface area contributed by atoms with E-state index in [2.05, 4.69) is 20.9 Å². The molecule has 2 atom stereocenters. The summed E-state index contributed by atoms with van der Waals surface area (Å²) in [6, 6.07) is 11.8. The normalized spacial score (nSPS) is 22.7. The maximum atomic E-state index is 13.5. The lowest BCUT2D eigenvalue weighted by Gasteiger charge is -2.42. The van der Waals surface area contributed by atoms with Crippen LogP contribution in [0.1, 0.15) is 29.8 Å². The molecule has 5 rings (SSSR count). The summed E-state index contributed by atoms with van der Waals surface area (Å²) in [5.74, 6) is 0.634. The van der Waals surface area contributed by atoms with Gasteiger partial charge in [-0.2, -0.15) is 0 Å². The molecule has 1 saturated heterocycles. The van der Waals surface area contributed by atoms with Gasteiger partial charge in [0.25, 0.3) is 5.91 Å². The number of rotatable bonds is 4. The van der Waals surface area contributed by atoms with Gasteiger partial charge in [0.2, 0.25) is 0 Å². The fourth-order valence-electron chi connectivity index (χ4n) is 4.94. The molecule has 3 heterocycles. The van der Waals surface area contributed by atoms with Crippen LogP contribution >= 0.6 is 15.9 Å². The SMILES string of the molecule is COc1ccc2[nH]c3c(c2c1)C[C@]1(C)C(=O)N(CCBr)C(=O)N1[C@H]3c1cccc(O)c1. The van der Waals surface area contributed by atoms with E-state index in [4.69, 9.17) is 4.74 Å². The summed E-state index contributed by atoms with van der Waals surface area (Å²) in [5.41, 5.74) is 2.47. The van der Waals surface area contributed by atoms with Crippen molar-refractivity contribution in [3.05, 3.63) is 59.3 Å². The number of aromatic nitrogens is 1. The van der Waals surface area contributed by atoms with Gasteiger partial charge in [0.15, 0.2) is 0 Å². The number of hydrogen-bond donors (Lipinski definition) is 2. The summed E-state index contributed by atoms with van der Waals surface area (Å²) >= 11 is 3.35. The van der Waals surface area contributed by atoms with Crippen LogP contribution in [0.5, 0.6) is 11.5 Å². The summed E-state index contributed by atoms with van der Waals surface area (Å²) in [7, 11) is 1.62. The summed E-state index contributed by atoms with van der Waals surface area (Å²) in [6.07, 6.45) is 0.397. The van der Waals surface area contributed by atoms with E-state index in [1.165, 1.54) is 4.90 Å². The third-order valence-electron chi connectivity index (χ3n) is 6.37. The van der Waals surface area contributed by atoms with E-state index in [1.54, 1.807) is 30.2 Å². The highest BCUT2D eigenvalue weighted by molar-refractivity contribution is 9.09. The highest BCUT2D eigenvalue weighted by Crippen LogP contribution is 2.49. The van der Waals surface area contributed by atoms with Crippen molar-refractivity contribution in [2.45, 2.75) is 24.9 Å². The van der Waals surface area contributed by atoms with Gasteiger partial charge in [-0.1, -0.05) is 28.1 Å². The van der Waals surface area contributed by atoms with E-state index >= 15 is 0 Å². The topological polar surface area (TPSA) is 85.9 Å². The number of methoxy groups -OCH3 is 1. The molecule has 7 nitrogen and oxygen atoms in total. The minimum absolute atomic E-state index is 0.111. The zero-order valence-corrected chi connectivity index (χ0v) is 18.8. The predicted molar refractivity (Wildman–Crippen MR) is 120 cm³/mol. The van der Waals surface area contributed by atoms with Crippen molar-refractivity contribution in [2.24, 2.45) is 0 Å². The minimum Gasteiger partial charge on any atom is -0.508 e. The van der Waals surface area contributed by atoms with Crippen LogP contribution in [-0.4, -0.2) is 56.4 Å². The number of phenols is 1. The number of nitrogens with one attached hydrogen (secondary N) is 1. The summed E-state index contributed by atoms with van der Waals surface area (Å²) in [6.45, 7) is 2.14. The quantitative estimate of drug-likeness (QED) is 0.434. The lowest BCUT2D eigenvalue weighted by molar-refractivity contribution is -0.133. The Morgan fingerprint density at radius 2 is 2.06 bits per heavy atom. The van der Waals surface area contributed by atoms with Gasteiger partial charge in [0.05, 0.1) is 7.11 Å². The largest absolute Gasteiger partial charge is 0.508 e. The van der Waals surface area contributed by atoms with Crippen LogP contribution in [0, 0.1) is 0 Å². The Hall–Kier alpha value is -3.00. The molecule has 2 N–H and O–H groups in total. The van der Waals surface area contributed by atoms with Gasteiger partial charge < -0.3 is 14.8 Å². The third kappa shape index (κ3) is 2.77. The Labute approximate surface area is 187 Å². The molecule has 3 amide bonds. The highest BCUT2D eigenvalue weighted by atomic mass is 79.9. The Bertz CT molecular complexity index is 1220. The number of nitrogens with zero attached hydrogens (tertiary/aromatic N) is 2. The average molecular weight is 484 g/mol. The number of fused-ring (bicyclic) bond motifs is 4. The number of urea groups is 1. The lowest BCUT2D eigenvalue weighted by Crippen LogP contribution is -2.53. The number of aromatic amines is 1. The van der Waals surface area contributed by atoms with Crippen LogP contribution in [0.25, 0.3) is 10.9 Å². The van der Waals surface area contributed by atoms with Crippen LogP contribution < -0.4 is 4.74 Å². The molecule has 0 spiro atoms. The first-order valence-corrected chi connectivity index (χ1v) is 11.2. The Kier molecular flexibility index (Phi) is 4.51. The minimum atomic E-state index is -1.03. The number of benzene rings is 2. The molecule has 0 radical (unpaired) electrons. The average Bonchev–Trinajstić information content (AvgIpc) is 3.20. The number of alkyl halides is 1. The number of carbonyl (C=O) groups excluding carboxylic acids is 2. The first kappa shape index (κ1) is 19.9. The zero-order chi connectivity index (χ0) is 21.9. The third-order valence-corrected chi connectivity index (χ3v) is 6.72. The van der Waals surface area contributed by atoms with Crippen molar-refractivity contribution in [2.75, 3.05) is 19.0 Å². The molecule has 2 aliphatic rings. The van der Waals surface area contributed by atoms with Crippen LogP contribution in [0.15, 0.2) is 42.5 Å². The molecule has 1 fully saturated rings. The van der Waals surface area contributed by atoms with Crippen LogP contribution in [0.2, 0.25) is 0 Å². The molecule has 0 aliphatic carbocycles. The number of phenolic OH excluding ortho intramolecular Hbond substituents is 1. The molecular weight excluding hydrogens is 462 g/mol. The lowest BCUT2D eigenvalue weighted by atomic mass is 9.81. The summed E-state index contributed by atoms with van der Waals surface area (Å²) < 4.78 is 5.42. The van der Waals surface area contributed by atoms with E-state index in [9.17, 15) is 14.7 Å². The van der Waals surface area contributed by atoms with Crippen molar-refractivity contribution in [3.8, 4) is 11.5 Å². The number of carbonyl (C=O) groups is 2. The molecule has 0 unspecified atom stereocenters. The number of amides is 3. The number of aromatic hydroxyl groups is 1. The van der Waals surface area contributed by atoms with E-state index < -0.39 is 11.6 Å². The molecule has 31 heavy (non-hydrogen) atoms. The molecule has 0 saturated carbocycles. The first-order chi connectivity index (χ1) is 14.9. The van der Waals surface area contributed by atoms with Gasteiger partial charge in [-0.3, -0.25) is 14.6 Å². The van der Waals surface area contributed by atoms with Gasteiger partial charge >= 0.3 is 6.03 Å². The van der Waals surface area contributed by atoms with Gasteiger partial charge in [-0.15, -0.1) is 0 Å². The second-order valence-corrected chi connectivity index (χ2v) is 8.97. The fourth-order valence-corrected chi connectivity index (χ4v) is 5.30. The highest BCUT2D eigenvalue weighted by Gasteiger charge is 2.60. The number of hydrogen-bond acceptors (Lipinski definition) is 4. The molecular formula is C23H22BrN3O4. The zero-order valence-electron chi connectivity index (χ0n) is 17.2. The number of ether oxygens (including phenoxy) is 1. The monoisotopic (exact) mass is 483 g/mol. The van der Waals surface area contributed by atoms with Crippen LogP contribution in [0.4, 0.5) is 4.79 Å². The number of halogens is 1. The smallest absolute Gasteiger partial charge is 0.328 e. The first-order valence-electron chi connectivity index (χ1n) is 10.1. The van der Waals surface area contributed by atoms with Crippen LogP contribution in [-0.2, 0) is 11.2 Å². The molecule has 3 aromatic rings. The molecule has 0 bridgehead atoms. The maximum absolute atomic E-state index is 13.5. The summed E-state index contributed by atoms with van der Waals surface area (Å²) in [4.78, 5) is 33.4. The molecule has 1 aromatic heterocycles. The van der Waals surface area contributed by atoms with Gasteiger partial charge in [0, 0.05) is 34.9 Å². The summed E-state index contributed by atoms with van der Waals surface area (Å²) in [5, 5.41) is 11.6. The van der Waals surface area contributed by atoms with Crippen LogP contribution in [0.3, 0.4) is 0 Å². The second-order valence-electron chi connectivity index (χ2n) is 8.18. The van der Waals surface area contributed by atoms with E-state index in [-0.39, 0.29) is 17.7 Å². The molecule has 2 aromatic carbocycles. The fraction of sp³-hybridized carbons (Fsp3) is 0.304. The second kappa shape index (κ2) is 7.02. The van der Waals surface area contributed by atoms with E-state index in [0.29, 0.717) is 18.3 Å². The maximum Gasteiger partial charge on any atom is 0.328 e. The molecule has 160 valence electrons. The molecule has 8 heteroatoms. The predicted octanol–water partition coefficient (Wildman–Crippen LogP) is 3.95. The Morgan fingerprint density at radius 1 is 1.26 bits per heavy atom. The van der Waals surface area contributed by atoms with Crippen molar-refractivity contribution < 1.29 is 19.4 Å². The van der Waals surface area contributed by atoms with Crippen molar-refractivity contribution in [1.29, 1.82) is 0 Å². The Balaban J connectivity index is 1.78. The van der Waals surface area contributed by atoms with E-state index in [1.807, 2.05) is 31.2 Å². The van der Waals surface area contributed by atoms with E-state index in [0.717, 1.165) is 33.5 Å². The van der Waals surface area contributed by atoms with Gasteiger partial charge in [0.1, 0.15) is 23.1 Å². The molecule has 2 aliphatic heterocycles. The van der Waals surface area contributed by atoms with Gasteiger partial charge in [-0.05, 0) is 48.4 Å². The number of H-pyrrole nitrogens is 1. The van der Waals surface area contributed by atoms with Crippen molar-refractivity contribution in [3.63, 3.8) is 0 Å².